The van der Waals surface area contributed by atoms with Crippen molar-refractivity contribution in [2.24, 2.45) is 5.10 Å². The molecule has 3 rings (SSSR count). The number of rotatable bonds is 3. The zero-order chi connectivity index (χ0) is 17.4. The Labute approximate surface area is 147 Å². The zero-order valence-corrected chi connectivity index (χ0v) is 14.5. The van der Waals surface area contributed by atoms with E-state index in [1.807, 2.05) is 24.4 Å². The third-order valence-electron chi connectivity index (χ3n) is 3.66. The molecule has 0 bridgehead atoms. The van der Waals surface area contributed by atoms with Gasteiger partial charge in [-0.05, 0) is 55.1 Å². The van der Waals surface area contributed by atoms with E-state index < -0.39 is 5.97 Å². The molecule has 1 aliphatic rings. The minimum atomic E-state index is -1.15. The maximum atomic E-state index is 12.7. The van der Waals surface area contributed by atoms with Crippen LogP contribution in [0.1, 0.15) is 27.7 Å². The first kappa shape index (κ1) is 16.4. The Balaban J connectivity index is 1.99. The molecule has 0 saturated heterocycles. The van der Waals surface area contributed by atoms with E-state index in [0.29, 0.717) is 17.0 Å². The molecule has 2 aromatic rings. The van der Waals surface area contributed by atoms with E-state index in [1.54, 1.807) is 24.3 Å². The maximum absolute atomic E-state index is 12.7. The van der Waals surface area contributed by atoms with Crippen LogP contribution < -0.4 is 5.01 Å². The summed E-state index contributed by atoms with van der Waals surface area (Å²) in [5.74, 6) is -1.45. The quantitative estimate of drug-likeness (QED) is 0.833. The van der Waals surface area contributed by atoms with Gasteiger partial charge in [-0.25, -0.2) is 4.79 Å². The zero-order valence-electron chi connectivity index (χ0n) is 12.9. The predicted molar refractivity (Wildman–Crippen MR) is 96.0 cm³/mol. The van der Waals surface area contributed by atoms with Crippen molar-refractivity contribution >= 4 is 52.3 Å². The summed E-state index contributed by atoms with van der Waals surface area (Å²) in [6, 6.07) is 6.35. The summed E-state index contributed by atoms with van der Waals surface area (Å²) in [4.78, 5) is 24.9. The highest BCUT2D eigenvalue weighted by Crippen LogP contribution is 2.29. The van der Waals surface area contributed by atoms with Gasteiger partial charge in [0, 0.05) is 4.88 Å². The molecule has 0 atom stereocenters. The molecule has 1 amide bonds. The second-order valence-corrected chi connectivity index (χ2v) is 6.65. The largest absolute Gasteiger partial charge is 0.478 e. The first-order valence-corrected chi connectivity index (χ1v) is 8.33. The lowest BCUT2D eigenvalue weighted by Gasteiger charge is -2.13. The van der Waals surface area contributed by atoms with Gasteiger partial charge >= 0.3 is 5.97 Å². The van der Waals surface area contributed by atoms with Crippen LogP contribution in [0.2, 0.25) is 5.02 Å². The molecule has 1 aromatic carbocycles. The van der Waals surface area contributed by atoms with E-state index in [4.69, 9.17) is 11.6 Å². The molecule has 0 unspecified atom stereocenters. The lowest BCUT2D eigenvalue weighted by atomic mass is 10.1. The average Bonchev–Trinajstić information content (AvgIpc) is 3.06. The summed E-state index contributed by atoms with van der Waals surface area (Å²) in [6.45, 7) is 3.73. The molecule has 5 nitrogen and oxygen atoms in total. The van der Waals surface area contributed by atoms with Gasteiger partial charge in [-0.3, -0.25) is 4.79 Å². The number of aromatic carboxylic acids is 1. The van der Waals surface area contributed by atoms with Crippen LogP contribution in [-0.4, -0.2) is 22.7 Å². The average molecular weight is 361 g/mol. The minimum Gasteiger partial charge on any atom is -0.478 e. The molecule has 0 aliphatic carbocycles. The summed E-state index contributed by atoms with van der Waals surface area (Å²) in [6.07, 6.45) is 1.81. The number of aryl methyl sites for hydroxylation is 1. The fourth-order valence-electron chi connectivity index (χ4n) is 2.33. The maximum Gasteiger partial charge on any atom is 0.337 e. The molecule has 1 N–H and O–H groups in total. The molecule has 7 heteroatoms. The number of anilines is 1. The SMILES string of the molecule is CC1=NN(c2ccc(Cl)c(C(=O)O)c2)C(=O)C1=Cc1sccc1C. The molecular weight excluding hydrogens is 348 g/mol. The van der Waals surface area contributed by atoms with E-state index in [9.17, 15) is 14.7 Å². The molecular formula is C17H13ClN2O3S. The highest BCUT2D eigenvalue weighted by atomic mass is 35.5. The molecule has 0 saturated carbocycles. The topological polar surface area (TPSA) is 70.0 Å². The Hall–Kier alpha value is -2.44. The van der Waals surface area contributed by atoms with Crippen molar-refractivity contribution in [3.8, 4) is 0 Å². The fourth-order valence-corrected chi connectivity index (χ4v) is 3.39. The molecule has 122 valence electrons. The van der Waals surface area contributed by atoms with Gasteiger partial charge in [0.05, 0.1) is 27.6 Å². The molecule has 0 fully saturated rings. The van der Waals surface area contributed by atoms with E-state index in [-0.39, 0.29) is 16.5 Å². The number of amides is 1. The number of carbonyl (C=O) groups excluding carboxylic acids is 1. The Morgan fingerprint density at radius 1 is 1.33 bits per heavy atom. The summed E-state index contributed by atoms with van der Waals surface area (Å²) in [7, 11) is 0. The first-order chi connectivity index (χ1) is 11.4. The third-order valence-corrected chi connectivity index (χ3v) is 4.96. The third kappa shape index (κ3) is 2.86. The summed E-state index contributed by atoms with van der Waals surface area (Å²) in [5.41, 5.74) is 2.46. The van der Waals surface area contributed by atoms with Crippen molar-refractivity contribution in [3.05, 3.63) is 56.2 Å². The van der Waals surface area contributed by atoms with Gasteiger partial charge in [-0.1, -0.05) is 11.6 Å². The van der Waals surface area contributed by atoms with Gasteiger partial charge in [0.1, 0.15) is 0 Å². The summed E-state index contributed by atoms with van der Waals surface area (Å²) in [5, 5.41) is 16.7. The van der Waals surface area contributed by atoms with Crippen molar-refractivity contribution in [1.82, 2.24) is 0 Å². The van der Waals surface area contributed by atoms with Crippen molar-refractivity contribution < 1.29 is 14.7 Å². The predicted octanol–water partition coefficient (Wildman–Crippen LogP) is 4.21. The van der Waals surface area contributed by atoms with Crippen LogP contribution in [-0.2, 0) is 4.79 Å². The molecule has 24 heavy (non-hydrogen) atoms. The Kier molecular flexibility index (Phi) is 4.26. The van der Waals surface area contributed by atoms with Gasteiger partial charge in [0.2, 0.25) is 0 Å². The van der Waals surface area contributed by atoms with Crippen LogP contribution >= 0.6 is 22.9 Å². The van der Waals surface area contributed by atoms with Crippen LogP contribution in [0.3, 0.4) is 0 Å². The normalized spacial score (nSPS) is 16.0. The lowest BCUT2D eigenvalue weighted by molar-refractivity contribution is -0.114. The highest BCUT2D eigenvalue weighted by molar-refractivity contribution is 7.11. The Morgan fingerprint density at radius 2 is 2.08 bits per heavy atom. The van der Waals surface area contributed by atoms with Crippen LogP contribution in [0, 0.1) is 6.92 Å². The number of carbonyl (C=O) groups is 2. The van der Waals surface area contributed by atoms with E-state index in [1.165, 1.54) is 17.1 Å². The number of carboxylic acids is 1. The number of nitrogens with zero attached hydrogens (tertiary/aromatic N) is 2. The monoisotopic (exact) mass is 360 g/mol. The second-order valence-electron chi connectivity index (χ2n) is 5.30. The van der Waals surface area contributed by atoms with Crippen molar-refractivity contribution in [3.63, 3.8) is 0 Å². The van der Waals surface area contributed by atoms with E-state index >= 15 is 0 Å². The molecule has 0 spiro atoms. The highest BCUT2D eigenvalue weighted by Gasteiger charge is 2.29. The Bertz CT molecular complexity index is 914. The smallest absolute Gasteiger partial charge is 0.337 e. The van der Waals surface area contributed by atoms with Gasteiger partial charge in [0.15, 0.2) is 0 Å². The van der Waals surface area contributed by atoms with Gasteiger partial charge < -0.3 is 5.11 Å². The fraction of sp³-hybridized carbons (Fsp3) is 0.118. The summed E-state index contributed by atoms with van der Waals surface area (Å²) >= 11 is 7.42. The second kappa shape index (κ2) is 6.22. The lowest BCUT2D eigenvalue weighted by Crippen LogP contribution is -2.21. The van der Waals surface area contributed by atoms with E-state index in [2.05, 4.69) is 5.10 Å². The van der Waals surface area contributed by atoms with Crippen LogP contribution in [0.4, 0.5) is 5.69 Å². The minimum absolute atomic E-state index is 0.0682. The van der Waals surface area contributed by atoms with E-state index in [0.717, 1.165) is 10.4 Å². The molecule has 1 aliphatic heterocycles. The van der Waals surface area contributed by atoms with Crippen LogP contribution in [0.25, 0.3) is 6.08 Å². The number of carboxylic acid groups (broad SMARTS) is 1. The van der Waals surface area contributed by atoms with Gasteiger partial charge in [-0.15, -0.1) is 11.3 Å². The number of benzene rings is 1. The van der Waals surface area contributed by atoms with Crippen LogP contribution in [0.5, 0.6) is 0 Å². The van der Waals surface area contributed by atoms with Crippen molar-refractivity contribution in [1.29, 1.82) is 0 Å². The molecule has 2 heterocycles. The van der Waals surface area contributed by atoms with Gasteiger partial charge in [-0.2, -0.15) is 10.1 Å². The Morgan fingerprint density at radius 3 is 2.71 bits per heavy atom. The number of hydrazone groups is 1. The first-order valence-electron chi connectivity index (χ1n) is 7.07. The molecule has 0 radical (unpaired) electrons. The van der Waals surface area contributed by atoms with Crippen molar-refractivity contribution in [2.45, 2.75) is 13.8 Å². The summed E-state index contributed by atoms with van der Waals surface area (Å²) < 4.78 is 0. The standard InChI is InChI=1S/C17H13ClN2O3S/c1-9-5-6-24-15(9)8-12-10(2)19-20(16(12)21)11-3-4-14(18)13(7-11)17(22)23/h3-8H,1-2H3,(H,22,23). The molecule has 1 aromatic heterocycles. The van der Waals surface area contributed by atoms with Crippen LogP contribution in [0.15, 0.2) is 40.3 Å². The van der Waals surface area contributed by atoms with Crippen molar-refractivity contribution in [2.75, 3.05) is 5.01 Å². The number of thiophene rings is 1. The number of halogens is 1. The number of hydrogen-bond donors (Lipinski definition) is 1. The van der Waals surface area contributed by atoms with Gasteiger partial charge in [0.25, 0.3) is 5.91 Å². The number of hydrogen-bond acceptors (Lipinski definition) is 4.